The maximum atomic E-state index is 13.9. The molecule has 0 unspecified atom stereocenters. The van der Waals surface area contributed by atoms with Gasteiger partial charge in [0.05, 0.1) is 11.3 Å². The molecule has 0 spiro atoms. The van der Waals surface area contributed by atoms with Crippen LogP contribution in [0.25, 0.3) is 11.4 Å². The molecular weight excluding hydrogens is 357 g/mol. The number of nitrogens with zero attached hydrogens (tertiary/aromatic N) is 5. The molecule has 0 atom stereocenters. The highest BCUT2D eigenvalue weighted by atomic mass is 32.2. The van der Waals surface area contributed by atoms with Crippen LogP contribution < -0.4 is 0 Å². The number of aromatic nitrogens is 3. The van der Waals surface area contributed by atoms with E-state index in [1.54, 1.807) is 39.6 Å². The van der Waals surface area contributed by atoms with Crippen LogP contribution >= 0.6 is 11.8 Å². The van der Waals surface area contributed by atoms with E-state index >= 15 is 0 Å². The normalized spacial score (nSPS) is 14.6. The minimum Gasteiger partial charge on any atom is -0.339 e. The molecule has 2 heterocycles. The first-order valence-corrected chi connectivity index (χ1v) is 9.26. The van der Waals surface area contributed by atoms with Gasteiger partial charge in [-0.2, -0.15) is 0 Å². The molecule has 1 aliphatic heterocycles. The van der Waals surface area contributed by atoms with Gasteiger partial charge in [0.25, 0.3) is 0 Å². The van der Waals surface area contributed by atoms with Gasteiger partial charge in [-0.05, 0) is 12.1 Å². The molecule has 0 aliphatic carbocycles. The summed E-state index contributed by atoms with van der Waals surface area (Å²) in [5.74, 6) is 0.315. The number of carbonyl (C=O) groups excluding carboxylic acids is 2. The van der Waals surface area contributed by atoms with E-state index in [2.05, 4.69) is 10.2 Å². The van der Waals surface area contributed by atoms with Crippen molar-refractivity contribution < 1.29 is 14.0 Å². The van der Waals surface area contributed by atoms with Gasteiger partial charge < -0.3 is 14.4 Å². The minimum atomic E-state index is -0.362. The fourth-order valence-corrected chi connectivity index (χ4v) is 3.62. The van der Waals surface area contributed by atoms with Crippen molar-refractivity contribution >= 4 is 23.6 Å². The van der Waals surface area contributed by atoms with Crippen molar-refractivity contribution in [2.24, 2.45) is 7.05 Å². The summed E-state index contributed by atoms with van der Waals surface area (Å²) in [6.07, 6.45) is 0. The Morgan fingerprint density at radius 2 is 1.77 bits per heavy atom. The number of hydrogen-bond donors (Lipinski definition) is 0. The second-order valence-corrected chi connectivity index (χ2v) is 6.96. The number of rotatable bonds is 4. The summed E-state index contributed by atoms with van der Waals surface area (Å²) in [5, 5.41) is 8.68. The fourth-order valence-electron chi connectivity index (χ4n) is 2.81. The highest BCUT2D eigenvalue weighted by Crippen LogP contribution is 2.24. The maximum Gasteiger partial charge on any atom is 0.233 e. The Hall–Kier alpha value is -2.42. The fraction of sp³-hybridized carbons (Fsp3) is 0.412. The molecule has 0 bridgehead atoms. The standard InChI is InChI=1S/C17H20FN5O2S/c1-12(24)22-7-9-23(10-8-22)15(25)11-26-17-20-19-16(21(17)2)13-5-3-4-6-14(13)18/h3-6H,7-11H2,1-2H3. The van der Waals surface area contributed by atoms with E-state index < -0.39 is 0 Å². The topological polar surface area (TPSA) is 71.3 Å². The van der Waals surface area contributed by atoms with Crippen LogP contribution in [0.3, 0.4) is 0 Å². The summed E-state index contributed by atoms with van der Waals surface area (Å²) in [4.78, 5) is 27.2. The van der Waals surface area contributed by atoms with Crippen LogP contribution in [0.15, 0.2) is 29.4 Å². The molecule has 0 radical (unpaired) electrons. The number of hydrogen-bond acceptors (Lipinski definition) is 5. The zero-order chi connectivity index (χ0) is 18.7. The highest BCUT2D eigenvalue weighted by molar-refractivity contribution is 7.99. The third-order valence-electron chi connectivity index (χ3n) is 4.35. The summed E-state index contributed by atoms with van der Waals surface area (Å²) >= 11 is 1.27. The monoisotopic (exact) mass is 377 g/mol. The predicted octanol–water partition coefficient (Wildman–Crippen LogP) is 1.40. The van der Waals surface area contributed by atoms with Crippen LogP contribution in [0.5, 0.6) is 0 Å². The van der Waals surface area contributed by atoms with Gasteiger partial charge in [0.15, 0.2) is 11.0 Å². The first-order valence-electron chi connectivity index (χ1n) is 8.27. The Labute approximate surface area is 155 Å². The number of thioether (sulfide) groups is 1. The summed E-state index contributed by atoms with van der Waals surface area (Å²) < 4.78 is 15.6. The lowest BCUT2D eigenvalue weighted by Gasteiger charge is -2.34. The van der Waals surface area contributed by atoms with Gasteiger partial charge in [-0.25, -0.2) is 4.39 Å². The third-order valence-corrected chi connectivity index (χ3v) is 5.36. The van der Waals surface area contributed by atoms with Gasteiger partial charge in [0.1, 0.15) is 5.82 Å². The third kappa shape index (κ3) is 3.87. The molecule has 1 aromatic heterocycles. The van der Waals surface area contributed by atoms with Crippen molar-refractivity contribution in [2.75, 3.05) is 31.9 Å². The number of carbonyl (C=O) groups is 2. The van der Waals surface area contributed by atoms with E-state index in [0.29, 0.717) is 42.7 Å². The van der Waals surface area contributed by atoms with Crippen molar-refractivity contribution in [3.63, 3.8) is 0 Å². The quantitative estimate of drug-likeness (QED) is 0.754. The molecule has 138 valence electrons. The Morgan fingerprint density at radius 3 is 2.42 bits per heavy atom. The highest BCUT2D eigenvalue weighted by Gasteiger charge is 2.23. The van der Waals surface area contributed by atoms with E-state index in [4.69, 9.17) is 0 Å². The van der Waals surface area contributed by atoms with E-state index in [9.17, 15) is 14.0 Å². The van der Waals surface area contributed by atoms with Crippen molar-refractivity contribution in [1.82, 2.24) is 24.6 Å². The molecule has 1 saturated heterocycles. The van der Waals surface area contributed by atoms with Gasteiger partial charge >= 0.3 is 0 Å². The summed E-state index contributed by atoms with van der Waals surface area (Å²) in [5.41, 5.74) is 0.376. The number of benzene rings is 1. The lowest BCUT2D eigenvalue weighted by atomic mass is 10.2. The first kappa shape index (κ1) is 18.4. The van der Waals surface area contributed by atoms with Crippen LogP contribution in [0.4, 0.5) is 4.39 Å². The molecule has 1 aliphatic rings. The van der Waals surface area contributed by atoms with Gasteiger partial charge in [-0.3, -0.25) is 9.59 Å². The molecule has 26 heavy (non-hydrogen) atoms. The largest absolute Gasteiger partial charge is 0.339 e. The Kier molecular flexibility index (Phi) is 5.55. The van der Waals surface area contributed by atoms with E-state index in [1.165, 1.54) is 24.8 Å². The van der Waals surface area contributed by atoms with Crippen molar-refractivity contribution in [2.45, 2.75) is 12.1 Å². The van der Waals surface area contributed by atoms with Gasteiger partial charge in [-0.15, -0.1) is 10.2 Å². The van der Waals surface area contributed by atoms with E-state index in [1.807, 2.05) is 0 Å². The predicted molar refractivity (Wildman–Crippen MR) is 96.0 cm³/mol. The SMILES string of the molecule is CC(=O)N1CCN(C(=O)CSc2nnc(-c3ccccc3F)n2C)CC1. The van der Waals surface area contributed by atoms with Crippen LogP contribution in [0.2, 0.25) is 0 Å². The molecular formula is C17H20FN5O2S. The maximum absolute atomic E-state index is 13.9. The lowest BCUT2D eigenvalue weighted by molar-refractivity contribution is -0.136. The smallest absolute Gasteiger partial charge is 0.233 e. The number of piperazine rings is 1. The molecule has 0 saturated carbocycles. The Balaban J connectivity index is 1.60. The molecule has 9 heteroatoms. The molecule has 7 nitrogen and oxygen atoms in total. The van der Waals surface area contributed by atoms with Crippen molar-refractivity contribution in [3.8, 4) is 11.4 Å². The molecule has 2 aromatic rings. The summed E-state index contributed by atoms with van der Waals surface area (Å²) in [6, 6.07) is 6.38. The molecule has 3 rings (SSSR count). The zero-order valence-corrected chi connectivity index (χ0v) is 15.5. The van der Waals surface area contributed by atoms with E-state index in [-0.39, 0.29) is 23.4 Å². The second-order valence-electron chi connectivity index (χ2n) is 6.02. The second kappa shape index (κ2) is 7.86. The molecule has 1 fully saturated rings. The van der Waals surface area contributed by atoms with Crippen LogP contribution in [0, 0.1) is 5.82 Å². The molecule has 0 N–H and O–H groups in total. The van der Waals surface area contributed by atoms with Crippen LogP contribution in [-0.4, -0.2) is 68.3 Å². The molecule has 2 amide bonds. The molecule has 1 aromatic carbocycles. The zero-order valence-electron chi connectivity index (χ0n) is 14.7. The average Bonchev–Trinajstić information content (AvgIpc) is 3.00. The van der Waals surface area contributed by atoms with E-state index in [0.717, 1.165) is 0 Å². The lowest BCUT2D eigenvalue weighted by Crippen LogP contribution is -2.50. The Bertz CT molecular complexity index is 817. The van der Waals surface area contributed by atoms with Gasteiger partial charge in [0.2, 0.25) is 11.8 Å². The summed E-state index contributed by atoms with van der Waals surface area (Å²) in [7, 11) is 1.75. The van der Waals surface area contributed by atoms with Crippen molar-refractivity contribution in [1.29, 1.82) is 0 Å². The average molecular weight is 377 g/mol. The Morgan fingerprint density at radius 1 is 1.12 bits per heavy atom. The number of amides is 2. The van der Waals surface area contributed by atoms with Gasteiger partial charge in [-0.1, -0.05) is 23.9 Å². The van der Waals surface area contributed by atoms with Crippen LogP contribution in [-0.2, 0) is 16.6 Å². The number of halogens is 1. The van der Waals surface area contributed by atoms with Crippen LogP contribution in [0.1, 0.15) is 6.92 Å². The first-order chi connectivity index (χ1) is 12.5. The minimum absolute atomic E-state index is 0.00589. The summed E-state index contributed by atoms with van der Waals surface area (Å²) in [6.45, 7) is 3.74. The van der Waals surface area contributed by atoms with Gasteiger partial charge in [0, 0.05) is 40.2 Å². The van der Waals surface area contributed by atoms with Crippen molar-refractivity contribution in [3.05, 3.63) is 30.1 Å².